The van der Waals surface area contributed by atoms with Gasteiger partial charge < -0.3 is 14.8 Å². The van der Waals surface area contributed by atoms with Crippen molar-refractivity contribution in [2.75, 3.05) is 32.7 Å². The fourth-order valence-corrected chi connectivity index (χ4v) is 1.83. The third-order valence-electron chi connectivity index (χ3n) is 2.66. The standard InChI is InChI=1S/C10H18N4/c1(6-14-9-4-12-10-14)5-13-7-2-11-3-8-13/h4,9-11H,1-3,5-8H2. The largest absolute Gasteiger partial charge is 0.337 e. The molecule has 2 rings (SSSR count). The Morgan fingerprint density at radius 1 is 1.21 bits per heavy atom. The predicted octanol–water partition coefficient (Wildman–Crippen LogP) is 0.178. The van der Waals surface area contributed by atoms with Gasteiger partial charge >= 0.3 is 0 Å². The van der Waals surface area contributed by atoms with Crippen LogP contribution in [0.4, 0.5) is 0 Å². The molecule has 1 saturated heterocycles. The summed E-state index contributed by atoms with van der Waals surface area (Å²) in [6.07, 6.45) is 6.97. The summed E-state index contributed by atoms with van der Waals surface area (Å²) >= 11 is 0. The molecule has 1 N–H and O–H groups in total. The van der Waals surface area contributed by atoms with Gasteiger partial charge in [-0.1, -0.05) is 0 Å². The average molecular weight is 194 g/mol. The lowest BCUT2D eigenvalue weighted by molar-refractivity contribution is 0.234. The van der Waals surface area contributed by atoms with E-state index in [1.54, 1.807) is 0 Å². The van der Waals surface area contributed by atoms with Crippen LogP contribution in [0.25, 0.3) is 0 Å². The average Bonchev–Trinajstić information content (AvgIpc) is 2.72. The summed E-state index contributed by atoms with van der Waals surface area (Å²) in [6, 6.07) is 0. The van der Waals surface area contributed by atoms with E-state index in [0.717, 1.165) is 19.6 Å². The van der Waals surface area contributed by atoms with E-state index in [1.165, 1.54) is 26.1 Å². The van der Waals surface area contributed by atoms with Gasteiger partial charge in [-0.15, -0.1) is 0 Å². The molecule has 4 heteroatoms. The van der Waals surface area contributed by atoms with Gasteiger partial charge in [-0.05, 0) is 13.0 Å². The maximum Gasteiger partial charge on any atom is 0.0945 e. The molecule has 0 bridgehead atoms. The van der Waals surface area contributed by atoms with Crippen molar-refractivity contribution in [2.45, 2.75) is 13.0 Å². The molecular weight excluding hydrogens is 176 g/mol. The van der Waals surface area contributed by atoms with Crippen molar-refractivity contribution < 1.29 is 0 Å². The van der Waals surface area contributed by atoms with Crippen molar-refractivity contribution >= 4 is 0 Å². The third kappa shape index (κ3) is 2.82. The lowest BCUT2D eigenvalue weighted by Crippen LogP contribution is -2.43. The number of nitrogens with one attached hydrogen (secondary N) is 1. The van der Waals surface area contributed by atoms with Crippen LogP contribution in [-0.4, -0.2) is 47.2 Å². The second-order valence-electron chi connectivity index (χ2n) is 3.75. The van der Waals surface area contributed by atoms with Crippen LogP contribution in [0.2, 0.25) is 0 Å². The quantitative estimate of drug-likeness (QED) is 0.742. The molecule has 0 aliphatic carbocycles. The van der Waals surface area contributed by atoms with Crippen LogP contribution in [-0.2, 0) is 6.54 Å². The van der Waals surface area contributed by atoms with E-state index in [-0.39, 0.29) is 0 Å². The number of aryl methyl sites for hydroxylation is 1. The SMILES string of the molecule is c1cn(CCCN2CCNCC2)cn1. The fraction of sp³-hybridized carbons (Fsp3) is 0.700. The minimum absolute atomic E-state index is 1.09. The van der Waals surface area contributed by atoms with Gasteiger partial charge in [0.2, 0.25) is 0 Å². The zero-order valence-corrected chi connectivity index (χ0v) is 8.52. The van der Waals surface area contributed by atoms with E-state index < -0.39 is 0 Å². The van der Waals surface area contributed by atoms with Crippen molar-refractivity contribution in [2.24, 2.45) is 0 Å². The normalized spacial score (nSPS) is 18.6. The molecule has 0 atom stereocenters. The highest BCUT2D eigenvalue weighted by Crippen LogP contribution is 1.96. The van der Waals surface area contributed by atoms with Gasteiger partial charge in [-0.2, -0.15) is 0 Å². The van der Waals surface area contributed by atoms with Crippen LogP contribution in [0.5, 0.6) is 0 Å². The first-order valence-electron chi connectivity index (χ1n) is 5.34. The van der Waals surface area contributed by atoms with Crippen molar-refractivity contribution in [3.8, 4) is 0 Å². The second kappa shape index (κ2) is 5.12. The van der Waals surface area contributed by atoms with Gasteiger partial charge in [0.15, 0.2) is 0 Å². The first kappa shape index (κ1) is 9.68. The molecule has 1 aliphatic heterocycles. The molecule has 0 spiro atoms. The molecule has 1 aromatic rings. The smallest absolute Gasteiger partial charge is 0.0945 e. The fourth-order valence-electron chi connectivity index (χ4n) is 1.83. The Morgan fingerprint density at radius 2 is 2.07 bits per heavy atom. The lowest BCUT2D eigenvalue weighted by Gasteiger charge is -2.27. The first-order valence-corrected chi connectivity index (χ1v) is 5.34. The zero-order chi connectivity index (χ0) is 9.64. The summed E-state index contributed by atoms with van der Waals surface area (Å²) in [5.74, 6) is 0. The highest BCUT2D eigenvalue weighted by Gasteiger charge is 2.07. The van der Waals surface area contributed by atoms with Crippen LogP contribution in [0.15, 0.2) is 18.7 Å². The molecule has 78 valence electrons. The van der Waals surface area contributed by atoms with Gasteiger partial charge in [-0.3, -0.25) is 0 Å². The summed E-state index contributed by atoms with van der Waals surface area (Å²) in [7, 11) is 0. The highest BCUT2D eigenvalue weighted by molar-refractivity contribution is 4.74. The number of aromatic nitrogens is 2. The Balaban J connectivity index is 1.62. The van der Waals surface area contributed by atoms with Gasteiger partial charge in [0.05, 0.1) is 6.33 Å². The minimum atomic E-state index is 1.09. The van der Waals surface area contributed by atoms with Crippen LogP contribution in [0.3, 0.4) is 0 Å². The minimum Gasteiger partial charge on any atom is -0.337 e. The number of hydrogen-bond acceptors (Lipinski definition) is 3. The van der Waals surface area contributed by atoms with Gasteiger partial charge in [0.25, 0.3) is 0 Å². The van der Waals surface area contributed by atoms with Crippen molar-refractivity contribution in [3.05, 3.63) is 18.7 Å². The molecule has 4 nitrogen and oxygen atoms in total. The van der Waals surface area contributed by atoms with Crippen molar-refractivity contribution in [1.82, 2.24) is 19.8 Å². The number of hydrogen-bond donors (Lipinski definition) is 1. The van der Waals surface area contributed by atoms with Crippen molar-refractivity contribution in [1.29, 1.82) is 0 Å². The maximum absolute atomic E-state index is 4.03. The topological polar surface area (TPSA) is 33.1 Å². The molecule has 1 fully saturated rings. The Morgan fingerprint density at radius 3 is 2.79 bits per heavy atom. The first-order chi connectivity index (χ1) is 6.95. The molecular formula is C10H18N4. The van der Waals surface area contributed by atoms with E-state index in [1.807, 2.05) is 18.7 Å². The summed E-state index contributed by atoms with van der Waals surface area (Å²) in [6.45, 7) is 6.98. The monoisotopic (exact) mass is 194 g/mol. The van der Waals surface area contributed by atoms with Crippen LogP contribution >= 0.6 is 0 Å². The zero-order valence-electron chi connectivity index (χ0n) is 8.52. The Labute approximate surface area is 84.9 Å². The van der Waals surface area contributed by atoms with Gasteiger partial charge in [0, 0.05) is 45.1 Å². The number of rotatable bonds is 4. The Hall–Kier alpha value is -0.870. The second-order valence-corrected chi connectivity index (χ2v) is 3.75. The molecule has 1 aliphatic rings. The van der Waals surface area contributed by atoms with E-state index >= 15 is 0 Å². The molecule has 0 saturated carbocycles. The molecule has 0 aromatic carbocycles. The lowest BCUT2D eigenvalue weighted by atomic mass is 10.3. The van der Waals surface area contributed by atoms with Gasteiger partial charge in [-0.25, -0.2) is 4.98 Å². The number of nitrogens with zero attached hydrogens (tertiary/aromatic N) is 3. The molecule has 0 amide bonds. The molecule has 1 aromatic heterocycles. The van der Waals surface area contributed by atoms with Crippen LogP contribution < -0.4 is 5.32 Å². The van der Waals surface area contributed by atoms with E-state index in [0.29, 0.717) is 0 Å². The Bertz CT molecular complexity index is 239. The van der Waals surface area contributed by atoms with E-state index in [9.17, 15) is 0 Å². The molecule has 14 heavy (non-hydrogen) atoms. The van der Waals surface area contributed by atoms with Crippen LogP contribution in [0.1, 0.15) is 6.42 Å². The Kier molecular flexibility index (Phi) is 3.54. The third-order valence-corrected chi connectivity index (χ3v) is 2.66. The van der Waals surface area contributed by atoms with Crippen molar-refractivity contribution in [3.63, 3.8) is 0 Å². The predicted molar refractivity (Wildman–Crippen MR) is 56.2 cm³/mol. The van der Waals surface area contributed by atoms with E-state index in [4.69, 9.17) is 0 Å². The molecule has 0 unspecified atom stereocenters. The summed E-state index contributed by atoms with van der Waals surface area (Å²) < 4.78 is 2.14. The summed E-state index contributed by atoms with van der Waals surface area (Å²) in [5, 5.41) is 3.36. The molecule has 0 radical (unpaired) electrons. The number of imidazole rings is 1. The highest BCUT2D eigenvalue weighted by atomic mass is 15.2. The van der Waals surface area contributed by atoms with E-state index in [2.05, 4.69) is 19.8 Å². The van der Waals surface area contributed by atoms with Crippen LogP contribution in [0, 0.1) is 0 Å². The number of piperazine rings is 1. The summed E-state index contributed by atoms with van der Waals surface area (Å²) in [4.78, 5) is 6.55. The molecule has 2 heterocycles. The van der Waals surface area contributed by atoms with Gasteiger partial charge in [0.1, 0.15) is 0 Å². The summed E-state index contributed by atoms with van der Waals surface area (Å²) in [5.41, 5.74) is 0. The maximum atomic E-state index is 4.03.